The van der Waals surface area contributed by atoms with Crippen LogP contribution in [0, 0.1) is 10.1 Å². The third-order valence-electron chi connectivity index (χ3n) is 4.37. The number of rotatable bonds is 5. The second-order valence-electron chi connectivity index (χ2n) is 6.30. The third-order valence-corrected chi connectivity index (χ3v) is 4.37. The van der Waals surface area contributed by atoms with Gasteiger partial charge in [0.2, 0.25) is 0 Å². The number of hydrogen-bond acceptors (Lipinski definition) is 5. The number of amides is 1. The average Bonchev–Trinajstić information content (AvgIpc) is 2.99. The van der Waals surface area contributed by atoms with Crippen LogP contribution < -0.4 is 10.7 Å². The van der Waals surface area contributed by atoms with Crippen LogP contribution in [0.2, 0.25) is 0 Å². The molecule has 28 heavy (non-hydrogen) atoms. The lowest BCUT2D eigenvalue weighted by molar-refractivity contribution is -0.419. The summed E-state index contributed by atoms with van der Waals surface area (Å²) < 4.78 is 26.8. The average molecular weight is 388 g/mol. The standard InChI is InChI=1S/C19H18F2N4O3/c1-11(21)8-9-14(10-20)15-12(2)23-24-18(15)22-16(13-6-4-3-5-7-13)17(19(24)26)25(27)28/h3-9,12,22-23H,10H2,1-2H3/b11-8+,14-9+. The van der Waals surface area contributed by atoms with Crippen LogP contribution in [0.1, 0.15) is 19.4 Å². The van der Waals surface area contributed by atoms with Gasteiger partial charge in [-0.1, -0.05) is 36.4 Å². The maximum absolute atomic E-state index is 13.7. The summed E-state index contributed by atoms with van der Waals surface area (Å²) in [5.74, 6) is -1.18. The van der Waals surface area contributed by atoms with Gasteiger partial charge in [-0.25, -0.2) is 19.2 Å². The van der Waals surface area contributed by atoms with Crippen LogP contribution in [0.4, 0.5) is 8.78 Å². The second kappa shape index (κ2) is 7.73. The van der Waals surface area contributed by atoms with Crippen LogP contribution in [0.15, 0.2) is 71.0 Å². The van der Waals surface area contributed by atoms with Crippen molar-refractivity contribution in [1.29, 1.82) is 0 Å². The molecule has 1 atom stereocenters. The predicted octanol–water partition coefficient (Wildman–Crippen LogP) is 2.95. The highest BCUT2D eigenvalue weighted by Crippen LogP contribution is 2.33. The Kier molecular flexibility index (Phi) is 5.36. The number of fused-ring (bicyclic) bond motifs is 1. The zero-order valence-corrected chi connectivity index (χ0v) is 15.2. The van der Waals surface area contributed by atoms with E-state index in [1.165, 1.54) is 13.0 Å². The van der Waals surface area contributed by atoms with Gasteiger partial charge in [-0.3, -0.25) is 14.9 Å². The number of nitrogens with one attached hydrogen (secondary N) is 2. The molecular weight excluding hydrogens is 370 g/mol. The maximum Gasteiger partial charge on any atom is 0.359 e. The molecule has 2 aliphatic rings. The molecule has 0 saturated heterocycles. The number of allylic oxidation sites excluding steroid dienone is 3. The topological polar surface area (TPSA) is 87.5 Å². The lowest BCUT2D eigenvalue weighted by atomic mass is 10.00. The maximum atomic E-state index is 13.7. The third kappa shape index (κ3) is 3.44. The van der Waals surface area contributed by atoms with Crippen molar-refractivity contribution in [2.24, 2.45) is 0 Å². The highest BCUT2D eigenvalue weighted by atomic mass is 19.1. The number of halogens is 2. The van der Waals surface area contributed by atoms with Crippen LogP contribution >= 0.6 is 0 Å². The molecule has 0 aliphatic carbocycles. The van der Waals surface area contributed by atoms with E-state index in [0.29, 0.717) is 11.1 Å². The zero-order valence-electron chi connectivity index (χ0n) is 15.2. The van der Waals surface area contributed by atoms with Crippen LogP contribution in [0.25, 0.3) is 5.70 Å². The second-order valence-corrected chi connectivity index (χ2v) is 6.30. The normalized spacial score (nSPS) is 20.5. The van der Waals surface area contributed by atoms with Crippen molar-refractivity contribution in [2.45, 2.75) is 19.9 Å². The summed E-state index contributed by atoms with van der Waals surface area (Å²) in [5.41, 5.74) is 3.19. The summed E-state index contributed by atoms with van der Waals surface area (Å²) in [5, 5.41) is 15.5. The van der Waals surface area contributed by atoms with Crippen molar-refractivity contribution >= 4 is 11.6 Å². The molecule has 2 heterocycles. The Morgan fingerprint density at radius 2 is 2.00 bits per heavy atom. The Labute approximate surface area is 159 Å². The van der Waals surface area contributed by atoms with Crippen LogP contribution in [0.3, 0.4) is 0 Å². The number of nitrogens with zero attached hydrogens (tertiary/aromatic N) is 2. The first kappa shape index (κ1) is 19.4. The summed E-state index contributed by atoms with van der Waals surface area (Å²) in [6, 6.07) is 7.84. The first-order chi connectivity index (χ1) is 13.3. The van der Waals surface area contributed by atoms with Gasteiger partial charge in [0, 0.05) is 11.1 Å². The molecule has 2 N–H and O–H groups in total. The largest absolute Gasteiger partial charge is 0.359 e. The van der Waals surface area contributed by atoms with Gasteiger partial charge in [0.05, 0.1) is 16.8 Å². The fourth-order valence-electron chi connectivity index (χ4n) is 3.16. The fraction of sp³-hybridized carbons (Fsp3) is 0.211. The van der Waals surface area contributed by atoms with Crippen molar-refractivity contribution in [3.8, 4) is 0 Å². The highest BCUT2D eigenvalue weighted by molar-refractivity contribution is 6.02. The lowest BCUT2D eigenvalue weighted by Gasteiger charge is -2.26. The van der Waals surface area contributed by atoms with Gasteiger partial charge in [-0.05, 0) is 25.5 Å². The molecule has 1 unspecified atom stereocenters. The SMILES string of the molecule is C/C(F)=C\C=C(/CF)C1=C2NC(c3ccccc3)=C([N+](=O)[O-])C(=O)N2NC1C. The van der Waals surface area contributed by atoms with E-state index in [2.05, 4.69) is 10.7 Å². The first-order valence-electron chi connectivity index (χ1n) is 8.50. The van der Waals surface area contributed by atoms with Gasteiger partial charge in [0.1, 0.15) is 18.2 Å². The zero-order chi connectivity index (χ0) is 20.4. The number of alkyl halides is 1. The van der Waals surface area contributed by atoms with Crippen LogP contribution in [-0.4, -0.2) is 28.6 Å². The van der Waals surface area contributed by atoms with Crippen molar-refractivity contribution in [2.75, 3.05) is 6.67 Å². The Hall–Kier alpha value is -3.33. The number of nitro groups is 1. The Bertz CT molecular complexity index is 947. The molecule has 0 spiro atoms. The van der Waals surface area contributed by atoms with E-state index in [1.54, 1.807) is 37.3 Å². The van der Waals surface area contributed by atoms with Gasteiger partial charge in [-0.15, -0.1) is 0 Å². The van der Waals surface area contributed by atoms with E-state index in [4.69, 9.17) is 0 Å². The lowest BCUT2D eigenvalue weighted by Crippen LogP contribution is -2.48. The quantitative estimate of drug-likeness (QED) is 0.460. The predicted molar refractivity (Wildman–Crippen MR) is 98.9 cm³/mol. The molecule has 3 rings (SSSR count). The summed E-state index contributed by atoms with van der Waals surface area (Å²) in [7, 11) is 0. The number of hydrazine groups is 1. The van der Waals surface area contributed by atoms with Gasteiger partial charge in [0.25, 0.3) is 0 Å². The molecule has 0 bridgehead atoms. The van der Waals surface area contributed by atoms with Crippen LogP contribution in [-0.2, 0) is 4.79 Å². The summed E-state index contributed by atoms with van der Waals surface area (Å²) >= 11 is 0. The van der Waals surface area contributed by atoms with Crippen molar-refractivity contribution < 1.29 is 18.5 Å². The number of carbonyl (C=O) groups is 1. The van der Waals surface area contributed by atoms with Gasteiger partial charge in [-0.2, -0.15) is 0 Å². The van der Waals surface area contributed by atoms with E-state index >= 15 is 0 Å². The number of carbonyl (C=O) groups excluding carboxylic acids is 1. The number of benzene rings is 1. The molecule has 0 aromatic heterocycles. The molecule has 0 saturated carbocycles. The summed E-state index contributed by atoms with van der Waals surface area (Å²) in [6.07, 6.45) is 2.42. The first-order valence-corrected chi connectivity index (χ1v) is 8.50. The van der Waals surface area contributed by atoms with E-state index < -0.39 is 35.1 Å². The monoisotopic (exact) mass is 388 g/mol. The molecule has 1 amide bonds. The smallest absolute Gasteiger partial charge is 0.334 e. The molecule has 146 valence electrons. The highest BCUT2D eigenvalue weighted by Gasteiger charge is 2.45. The molecule has 9 heteroatoms. The van der Waals surface area contributed by atoms with Gasteiger partial charge in [0.15, 0.2) is 0 Å². The van der Waals surface area contributed by atoms with E-state index in [9.17, 15) is 23.7 Å². The van der Waals surface area contributed by atoms with Crippen molar-refractivity contribution in [3.05, 3.63) is 86.7 Å². The van der Waals surface area contributed by atoms with Crippen LogP contribution in [0.5, 0.6) is 0 Å². The van der Waals surface area contributed by atoms with Crippen molar-refractivity contribution in [1.82, 2.24) is 15.8 Å². The molecule has 7 nitrogen and oxygen atoms in total. The number of hydrogen-bond donors (Lipinski definition) is 2. The summed E-state index contributed by atoms with van der Waals surface area (Å²) in [6.45, 7) is 2.01. The molecular formula is C19H18F2N4O3. The van der Waals surface area contributed by atoms with E-state index in [0.717, 1.165) is 11.1 Å². The minimum atomic E-state index is -0.898. The molecule has 2 aliphatic heterocycles. The van der Waals surface area contributed by atoms with E-state index in [1.807, 2.05) is 0 Å². The van der Waals surface area contributed by atoms with Crippen molar-refractivity contribution in [3.63, 3.8) is 0 Å². The molecule has 0 radical (unpaired) electrons. The van der Waals surface area contributed by atoms with Gasteiger partial charge >= 0.3 is 11.6 Å². The fourth-order valence-corrected chi connectivity index (χ4v) is 3.16. The van der Waals surface area contributed by atoms with Gasteiger partial charge < -0.3 is 5.32 Å². The minimum Gasteiger partial charge on any atom is -0.334 e. The molecule has 0 fully saturated rings. The minimum absolute atomic E-state index is 0.0191. The molecule has 1 aromatic carbocycles. The Morgan fingerprint density at radius 1 is 1.32 bits per heavy atom. The van der Waals surface area contributed by atoms with E-state index in [-0.39, 0.29) is 17.1 Å². The molecule has 1 aromatic rings. The Balaban J connectivity index is 2.19. The summed E-state index contributed by atoms with van der Waals surface area (Å²) in [4.78, 5) is 23.6. The Morgan fingerprint density at radius 3 is 2.57 bits per heavy atom.